The highest BCUT2D eigenvalue weighted by Gasteiger charge is 2.27. The van der Waals surface area contributed by atoms with Crippen LogP contribution in [0.5, 0.6) is 11.5 Å². The number of aromatic nitrogens is 1. The van der Waals surface area contributed by atoms with Crippen LogP contribution in [0.15, 0.2) is 52.9 Å². The zero-order valence-electron chi connectivity index (χ0n) is 15.0. The molecule has 0 spiro atoms. The lowest BCUT2D eigenvalue weighted by molar-refractivity contribution is -0.136. The van der Waals surface area contributed by atoms with E-state index in [-0.39, 0.29) is 24.5 Å². The Morgan fingerprint density at radius 1 is 1.14 bits per heavy atom. The van der Waals surface area contributed by atoms with Gasteiger partial charge in [-0.2, -0.15) is 0 Å². The molecule has 1 aliphatic heterocycles. The minimum absolute atomic E-state index is 0.0638. The lowest BCUT2D eigenvalue weighted by Crippen LogP contribution is -2.11. The second-order valence-electron chi connectivity index (χ2n) is 6.67. The number of nitrogens with zero attached hydrogens (tertiary/aromatic N) is 1. The molecule has 0 fully saturated rings. The minimum atomic E-state index is -3.90. The molecule has 0 bridgehead atoms. The number of aryl methyl sites for hydroxylation is 1. The largest absolute Gasteiger partial charge is 0.481 e. The van der Waals surface area contributed by atoms with Crippen LogP contribution in [0.25, 0.3) is 21.0 Å². The fourth-order valence-electron chi connectivity index (χ4n) is 3.55. The van der Waals surface area contributed by atoms with Gasteiger partial charge in [-0.1, -0.05) is 18.2 Å². The summed E-state index contributed by atoms with van der Waals surface area (Å²) in [6.45, 7) is 0.0638. The third-order valence-electron chi connectivity index (χ3n) is 4.94. The molecule has 29 heavy (non-hydrogen) atoms. The summed E-state index contributed by atoms with van der Waals surface area (Å²) in [6.07, 6.45) is 1.61. The summed E-state index contributed by atoms with van der Waals surface area (Å²) in [5, 5.41) is 12.0. The number of carboxylic acids is 1. The quantitative estimate of drug-likeness (QED) is 0.518. The normalized spacial score (nSPS) is 13.4. The summed E-state index contributed by atoms with van der Waals surface area (Å²) in [5.74, 6) is 0.0375. The van der Waals surface area contributed by atoms with E-state index in [1.165, 1.54) is 21.5 Å². The average Bonchev–Trinajstić information content (AvgIpc) is 3.41. The molecular formula is C20H15NO6S2. The van der Waals surface area contributed by atoms with Crippen molar-refractivity contribution in [2.75, 3.05) is 6.79 Å². The molecule has 5 rings (SSSR count). The Morgan fingerprint density at radius 3 is 2.69 bits per heavy atom. The molecule has 4 aromatic rings. The second kappa shape index (κ2) is 6.50. The first kappa shape index (κ1) is 18.0. The average molecular weight is 429 g/mol. The molecule has 9 heteroatoms. The first-order valence-electron chi connectivity index (χ1n) is 8.82. The number of hydrogen-bond donors (Lipinski definition) is 1. The Morgan fingerprint density at radius 2 is 1.90 bits per heavy atom. The highest BCUT2D eigenvalue weighted by Crippen LogP contribution is 2.40. The van der Waals surface area contributed by atoms with E-state index in [1.807, 2.05) is 12.1 Å². The van der Waals surface area contributed by atoms with Gasteiger partial charge in [0.2, 0.25) is 6.79 Å². The van der Waals surface area contributed by atoms with Crippen molar-refractivity contribution < 1.29 is 27.8 Å². The molecule has 0 radical (unpaired) electrons. The van der Waals surface area contributed by atoms with Gasteiger partial charge in [0, 0.05) is 39.5 Å². The predicted octanol–water partition coefficient (Wildman–Crippen LogP) is 3.84. The monoisotopic (exact) mass is 429 g/mol. The maximum absolute atomic E-state index is 13.6. The zero-order valence-corrected chi connectivity index (χ0v) is 16.6. The van der Waals surface area contributed by atoms with Gasteiger partial charge in [-0.25, -0.2) is 12.4 Å². The Balaban J connectivity index is 1.74. The van der Waals surface area contributed by atoms with Crippen LogP contribution in [0.3, 0.4) is 0 Å². The first-order chi connectivity index (χ1) is 13.9. The van der Waals surface area contributed by atoms with E-state index >= 15 is 0 Å². The molecule has 2 aromatic heterocycles. The van der Waals surface area contributed by atoms with E-state index in [0.29, 0.717) is 33.4 Å². The van der Waals surface area contributed by atoms with Gasteiger partial charge in [0.25, 0.3) is 10.0 Å². The topological polar surface area (TPSA) is 94.8 Å². The van der Waals surface area contributed by atoms with Crippen molar-refractivity contribution >= 4 is 48.3 Å². The van der Waals surface area contributed by atoms with Crippen LogP contribution in [-0.2, 0) is 21.2 Å². The van der Waals surface area contributed by atoms with Crippen LogP contribution in [0.2, 0.25) is 0 Å². The number of ether oxygens (including phenoxy) is 2. The molecule has 0 aliphatic carbocycles. The van der Waals surface area contributed by atoms with Crippen LogP contribution in [-0.4, -0.2) is 30.3 Å². The first-order valence-corrected chi connectivity index (χ1v) is 11.1. The highest BCUT2D eigenvalue weighted by molar-refractivity contribution is 7.90. The molecule has 0 unspecified atom stereocenters. The van der Waals surface area contributed by atoms with E-state index in [2.05, 4.69) is 0 Å². The molecular weight excluding hydrogens is 414 g/mol. The third kappa shape index (κ3) is 2.85. The highest BCUT2D eigenvalue weighted by atomic mass is 32.2. The smallest absolute Gasteiger partial charge is 0.303 e. The molecule has 148 valence electrons. The summed E-state index contributed by atoms with van der Waals surface area (Å²) >= 11 is 1.37. The van der Waals surface area contributed by atoms with Crippen LogP contribution >= 0.6 is 11.3 Å². The van der Waals surface area contributed by atoms with Gasteiger partial charge in [-0.15, -0.1) is 11.3 Å². The van der Waals surface area contributed by atoms with E-state index < -0.39 is 16.0 Å². The van der Waals surface area contributed by atoms with Crippen LogP contribution in [0.1, 0.15) is 12.0 Å². The van der Waals surface area contributed by atoms with E-state index in [4.69, 9.17) is 14.6 Å². The molecule has 1 aliphatic rings. The maximum atomic E-state index is 13.6. The van der Waals surface area contributed by atoms with Gasteiger partial charge in [0.1, 0.15) is 4.90 Å². The number of fused-ring (bicyclic) bond motifs is 3. The van der Waals surface area contributed by atoms with E-state index in [0.717, 1.165) is 4.70 Å². The van der Waals surface area contributed by atoms with Crippen molar-refractivity contribution in [1.29, 1.82) is 0 Å². The second-order valence-corrected chi connectivity index (χ2v) is 9.36. The van der Waals surface area contributed by atoms with Crippen molar-refractivity contribution in [3.05, 3.63) is 53.5 Å². The fraction of sp³-hybridized carbons (Fsp3) is 0.150. The molecule has 1 N–H and O–H groups in total. The molecule has 0 saturated heterocycles. The number of hydrogen-bond acceptors (Lipinski definition) is 6. The van der Waals surface area contributed by atoms with Crippen molar-refractivity contribution in [3.8, 4) is 11.5 Å². The SMILES string of the molecule is O=C(O)CCc1cn(S(=O)(=O)c2csc3ccccc23)c2cc3c(cc12)OCO3. The van der Waals surface area contributed by atoms with Crippen LogP contribution in [0, 0.1) is 0 Å². The Bertz CT molecular complexity index is 1380. The summed E-state index contributed by atoms with van der Waals surface area (Å²) < 4.78 is 40.0. The van der Waals surface area contributed by atoms with Gasteiger partial charge >= 0.3 is 5.97 Å². The summed E-state index contributed by atoms with van der Waals surface area (Å²) in [6, 6.07) is 10.7. The number of carboxylic acid groups (broad SMARTS) is 1. The molecule has 0 saturated carbocycles. The van der Waals surface area contributed by atoms with Crippen molar-refractivity contribution in [2.24, 2.45) is 0 Å². The molecule has 2 aromatic carbocycles. The summed E-state index contributed by atoms with van der Waals surface area (Å²) in [4.78, 5) is 11.3. The zero-order chi connectivity index (χ0) is 20.2. The number of aliphatic carboxylic acids is 1. The van der Waals surface area contributed by atoms with E-state index in [1.54, 1.807) is 29.6 Å². The summed E-state index contributed by atoms with van der Waals surface area (Å²) in [7, 11) is -3.90. The maximum Gasteiger partial charge on any atom is 0.303 e. The van der Waals surface area contributed by atoms with Gasteiger partial charge in [0.05, 0.1) is 5.52 Å². The Kier molecular flexibility index (Phi) is 4.04. The number of rotatable bonds is 5. The molecule has 3 heterocycles. The van der Waals surface area contributed by atoms with Gasteiger partial charge in [-0.3, -0.25) is 4.79 Å². The molecule has 0 amide bonds. The molecule has 0 atom stereocenters. The van der Waals surface area contributed by atoms with Gasteiger partial charge < -0.3 is 14.6 Å². The van der Waals surface area contributed by atoms with Crippen LogP contribution < -0.4 is 9.47 Å². The van der Waals surface area contributed by atoms with E-state index in [9.17, 15) is 13.2 Å². The summed E-state index contributed by atoms with van der Waals surface area (Å²) in [5.41, 5.74) is 1.06. The van der Waals surface area contributed by atoms with Gasteiger partial charge in [-0.05, 0) is 24.1 Å². The van der Waals surface area contributed by atoms with Crippen LogP contribution in [0.4, 0.5) is 0 Å². The fourth-order valence-corrected chi connectivity index (χ4v) is 6.41. The Labute approximate surface area is 169 Å². The van der Waals surface area contributed by atoms with Crippen molar-refractivity contribution in [1.82, 2.24) is 3.97 Å². The van der Waals surface area contributed by atoms with Crippen molar-refractivity contribution in [3.63, 3.8) is 0 Å². The lowest BCUT2D eigenvalue weighted by Gasteiger charge is -2.07. The lowest BCUT2D eigenvalue weighted by atomic mass is 10.1. The standard InChI is InChI=1S/C20H15NO6S2/c22-20(23)6-5-12-9-21(15-8-17-16(7-14(12)15)26-11-27-17)29(24,25)19-10-28-18-4-2-1-3-13(18)19/h1-4,7-10H,5-6,11H2,(H,22,23). The Hall–Kier alpha value is -3.04. The predicted molar refractivity (Wildman–Crippen MR) is 108 cm³/mol. The van der Waals surface area contributed by atoms with Gasteiger partial charge in [0.15, 0.2) is 11.5 Å². The molecule has 7 nitrogen and oxygen atoms in total. The van der Waals surface area contributed by atoms with Crippen molar-refractivity contribution in [2.45, 2.75) is 17.7 Å². The minimum Gasteiger partial charge on any atom is -0.481 e. The number of thiophene rings is 1. The third-order valence-corrected chi connectivity index (χ3v) is 7.76. The number of carbonyl (C=O) groups is 1. The number of benzene rings is 2.